The van der Waals surface area contributed by atoms with Gasteiger partial charge in [-0.3, -0.25) is 10.1 Å². The van der Waals surface area contributed by atoms with Gasteiger partial charge in [0.1, 0.15) is 0 Å². The van der Waals surface area contributed by atoms with Gasteiger partial charge in [-0.2, -0.15) is 0 Å². The highest BCUT2D eigenvalue weighted by Crippen LogP contribution is 2.24. The summed E-state index contributed by atoms with van der Waals surface area (Å²) in [5, 5.41) is 3.56. The summed E-state index contributed by atoms with van der Waals surface area (Å²) in [6.07, 6.45) is 7.01. The monoisotopic (exact) mass is 268 g/mol. The molecule has 1 aliphatic heterocycles. The second-order valence-corrected chi connectivity index (χ2v) is 6.29. The van der Waals surface area contributed by atoms with E-state index in [2.05, 4.69) is 44.8 Å². The summed E-state index contributed by atoms with van der Waals surface area (Å²) in [6, 6.07) is 0.412. The maximum Gasteiger partial charge on any atom is 0.241 e. The van der Waals surface area contributed by atoms with Crippen molar-refractivity contribution in [2.45, 2.75) is 91.4 Å². The fourth-order valence-corrected chi connectivity index (χ4v) is 2.93. The van der Waals surface area contributed by atoms with Crippen LogP contribution in [0.4, 0.5) is 0 Å². The molecule has 3 unspecified atom stereocenters. The van der Waals surface area contributed by atoms with E-state index in [1.165, 1.54) is 12.8 Å². The van der Waals surface area contributed by atoms with Gasteiger partial charge in [-0.15, -0.1) is 0 Å². The molecule has 3 heteroatoms. The van der Waals surface area contributed by atoms with Crippen molar-refractivity contribution < 1.29 is 4.79 Å². The molecule has 112 valence electrons. The molecule has 1 saturated heterocycles. The van der Waals surface area contributed by atoms with Gasteiger partial charge in [0.15, 0.2) is 0 Å². The first-order chi connectivity index (χ1) is 9.02. The van der Waals surface area contributed by atoms with Crippen LogP contribution in [0.3, 0.4) is 0 Å². The number of nitrogens with zero attached hydrogens (tertiary/aromatic N) is 1. The normalized spacial score (nSPS) is 25.4. The second-order valence-electron chi connectivity index (χ2n) is 6.29. The van der Waals surface area contributed by atoms with E-state index in [9.17, 15) is 4.79 Å². The second kappa shape index (κ2) is 7.88. The minimum absolute atomic E-state index is 0.0522. The van der Waals surface area contributed by atoms with Crippen LogP contribution in [-0.2, 0) is 4.79 Å². The summed E-state index contributed by atoms with van der Waals surface area (Å²) in [5.41, 5.74) is 0. The topological polar surface area (TPSA) is 32.3 Å². The zero-order valence-corrected chi connectivity index (χ0v) is 13.4. The average molecular weight is 268 g/mol. The summed E-state index contributed by atoms with van der Waals surface area (Å²) < 4.78 is 0. The number of hydrogen-bond acceptors (Lipinski definition) is 2. The fourth-order valence-electron chi connectivity index (χ4n) is 2.93. The first kappa shape index (κ1) is 16.5. The van der Waals surface area contributed by atoms with Gasteiger partial charge < -0.3 is 4.90 Å². The Morgan fingerprint density at radius 2 is 1.79 bits per heavy atom. The summed E-state index contributed by atoms with van der Waals surface area (Å²) in [6.45, 7) is 11.0. The van der Waals surface area contributed by atoms with Gasteiger partial charge in [0.05, 0.1) is 12.2 Å². The zero-order valence-electron chi connectivity index (χ0n) is 13.4. The van der Waals surface area contributed by atoms with Crippen molar-refractivity contribution in [1.82, 2.24) is 10.2 Å². The Balaban J connectivity index is 2.71. The maximum absolute atomic E-state index is 12.6. The lowest BCUT2D eigenvalue weighted by Crippen LogP contribution is -2.46. The lowest BCUT2D eigenvalue weighted by Gasteiger charge is -2.32. The van der Waals surface area contributed by atoms with E-state index in [0.717, 1.165) is 25.7 Å². The van der Waals surface area contributed by atoms with Crippen molar-refractivity contribution in [3.63, 3.8) is 0 Å². The Morgan fingerprint density at radius 1 is 1.16 bits per heavy atom. The van der Waals surface area contributed by atoms with Crippen LogP contribution in [0.25, 0.3) is 0 Å². The van der Waals surface area contributed by atoms with Crippen LogP contribution >= 0.6 is 0 Å². The summed E-state index contributed by atoms with van der Waals surface area (Å²) >= 11 is 0. The molecule has 3 nitrogen and oxygen atoms in total. The van der Waals surface area contributed by atoms with Gasteiger partial charge in [0.25, 0.3) is 0 Å². The Labute approximate surface area is 119 Å². The third-order valence-electron chi connectivity index (χ3n) is 4.15. The predicted octanol–water partition coefficient (Wildman–Crippen LogP) is 3.54. The molecule has 1 aliphatic rings. The minimum atomic E-state index is 0.0522. The van der Waals surface area contributed by atoms with Crippen LogP contribution in [-0.4, -0.2) is 29.1 Å². The standard InChI is InChI=1S/C16H32N2O/c1-6-8-10-13(5)18-15(12(3)4)17-14(16(18)19)11-9-7-2/h12-15,17H,6-11H2,1-5H3. The van der Waals surface area contributed by atoms with Gasteiger partial charge >= 0.3 is 0 Å². The molecule has 0 bridgehead atoms. The third kappa shape index (κ3) is 4.20. The first-order valence-corrected chi connectivity index (χ1v) is 8.11. The zero-order chi connectivity index (χ0) is 14.4. The molecule has 0 spiro atoms. The molecule has 0 saturated carbocycles. The van der Waals surface area contributed by atoms with E-state index >= 15 is 0 Å². The Hall–Kier alpha value is -0.570. The maximum atomic E-state index is 12.6. The lowest BCUT2D eigenvalue weighted by molar-refractivity contribution is -0.132. The summed E-state index contributed by atoms with van der Waals surface area (Å²) in [7, 11) is 0. The van der Waals surface area contributed by atoms with Crippen LogP contribution in [0, 0.1) is 5.92 Å². The van der Waals surface area contributed by atoms with Crippen LogP contribution in [0.2, 0.25) is 0 Å². The highest BCUT2D eigenvalue weighted by atomic mass is 16.2. The molecule has 0 aliphatic carbocycles. The van der Waals surface area contributed by atoms with E-state index in [4.69, 9.17) is 0 Å². The molecule has 1 amide bonds. The molecular formula is C16H32N2O. The van der Waals surface area contributed by atoms with Gasteiger partial charge in [0.2, 0.25) is 5.91 Å². The van der Waals surface area contributed by atoms with Gasteiger partial charge in [0, 0.05) is 6.04 Å². The van der Waals surface area contributed by atoms with Gasteiger partial charge in [-0.1, -0.05) is 53.4 Å². The molecule has 0 radical (unpaired) electrons. The number of unbranched alkanes of at least 4 members (excludes halogenated alkanes) is 2. The number of hydrogen-bond donors (Lipinski definition) is 1. The van der Waals surface area contributed by atoms with E-state index in [1.54, 1.807) is 0 Å². The number of carbonyl (C=O) groups excluding carboxylic acids is 1. The van der Waals surface area contributed by atoms with E-state index in [-0.39, 0.29) is 12.2 Å². The smallest absolute Gasteiger partial charge is 0.241 e. The van der Waals surface area contributed by atoms with Crippen LogP contribution in [0.5, 0.6) is 0 Å². The van der Waals surface area contributed by atoms with Crippen molar-refractivity contribution in [2.24, 2.45) is 5.92 Å². The molecule has 3 atom stereocenters. The molecule has 0 aromatic rings. The van der Waals surface area contributed by atoms with Crippen molar-refractivity contribution in [1.29, 1.82) is 0 Å². The molecule has 0 aromatic heterocycles. The Bertz CT molecular complexity index is 278. The van der Waals surface area contributed by atoms with E-state index < -0.39 is 0 Å². The Kier molecular flexibility index (Phi) is 6.84. The van der Waals surface area contributed by atoms with Crippen molar-refractivity contribution >= 4 is 5.91 Å². The van der Waals surface area contributed by atoms with Gasteiger partial charge in [-0.05, 0) is 25.7 Å². The molecule has 1 heterocycles. The molecule has 1 N–H and O–H groups in total. The number of nitrogens with one attached hydrogen (secondary N) is 1. The summed E-state index contributed by atoms with van der Waals surface area (Å²) in [5.74, 6) is 0.801. The minimum Gasteiger partial charge on any atom is -0.323 e. The Morgan fingerprint density at radius 3 is 2.32 bits per heavy atom. The number of carbonyl (C=O) groups is 1. The van der Waals surface area contributed by atoms with Crippen LogP contribution in [0.15, 0.2) is 0 Å². The number of amides is 1. The van der Waals surface area contributed by atoms with Gasteiger partial charge in [-0.25, -0.2) is 0 Å². The van der Waals surface area contributed by atoms with Crippen molar-refractivity contribution in [2.75, 3.05) is 0 Å². The van der Waals surface area contributed by atoms with Crippen molar-refractivity contribution in [3.05, 3.63) is 0 Å². The molecule has 19 heavy (non-hydrogen) atoms. The fraction of sp³-hybridized carbons (Fsp3) is 0.938. The van der Waals surface area contributed by atoms with E-state index in [1.807, 2.05) is 0 Å². The highest BCUT2D eigenvalue weighted by Gasteiger charge is 2.41. The lowest BCUT2D eigenvalue weighted by atomic mass is 10.1. The largest absolute Gasteiger partial charge is 0.323 e. The molecule has 0 aromatic carbocycles. The SMILES string of the molecule is CCCCC1NC(C(C)C)N(C(C)CCCC)C1=O. The quantitative estimate of drug-likeness (QED) is 0.730. The van der Waals surface area contributed by atoms with Crippen LogP contribution < -0.4 is 5.32 Å². The molecular weight excluding hydrogens is 236 g/mol. The first-order valence-electron chi connectivity index (χ1n) is 8.11. The predicted molar refractivity (Wildman–Crippen MR) is 80.9 cm³/mol. The highest BCUT2D eigenvalue weighted by molar-refractivity contribution is 5.84. The summed E-state index contributed by atoms with van der Waals surface area (Å²) in [4.78, 5) is 14.7. The van der Waals surface area contributed by atoms with Crippen molar-refractivity contribution in [3.8, 4) is 0 Å². The molecule has 1 fully saturated rings. The number of rotatable bonds is 8. The van der Waals surface area contributed by atoms with Crippen LogP contribution in [0.1, 0.15) is 73.1 Å². The van der Waals surface area contributed by atoms with E-state index in [0.29, 0.717) is 17.9 Å². The average Bonchev–Trinajstić information content (AvgIpc) is 2.71. The molecule has 1 rings (SSSR count). The third-order valence-corrected chi connectivity index (χ3v) is 4.15.